The third-order valence-electron chi connectivity index (χ3n) is 3.68. The molecule has 0 radical (unpaired) electrons. The SMILES string of the molecule is NC(=O)c1ccc2c(c1)C1=C(OS(=O)(=O)O)CCCC1N2. The average molecular weight is 310 g/mol. The molecule has 0 bridgehead atoms. The molecule has 1 atom stereocenters. The Kier molecular flexibility index (Phi) is 3.14. The van der Waals surface area contributed by atoms with Gasteiger partial charge in [-0.05, 0) is 31.0 Å². The van der Waals surface area contributed by atoms with Crippen molar-refractivity contribution in [1.82, 2.24) is 0 Å². The van der Waals surface area contributed by atoms with E-state index in [2.05, 4.69) is 5.32 Å². The Bertz CT molecular complexity index is 754. The second-order valence-electron chi connectivity index (χ2n) is 5.06. The molecule has 112 valence electrons. The second-order valence-corrected chi connectivity index (χ2v) is 6.08. The van der Waals surface area contributed by atoms with Crippen molar-refractivity contribution in [1.29, 1.82) is 0 Å². The number of nitrogens with two attached hydrogens (primary N) is 1. The first-order chi connectivity index (χ1) is 9.85. The summed E-state index contributed by atoms with van der Waals surface area (Å²) in [7, 11) is -4.57. The zero-order valence-corrected chi connectivity index (χ0v) is 11.8. The Hall–Kier alpha value is -2.06. The third kappa shape index (κ3) is 2.59. The standard InChI is InChI=1S/C13H14N2O5S/c14-13(16)7-4-5-9-8(6-7)12-10(15-9)2-1-3-11(12)20-21(17,18)19/h4-6,10,15H,1-3H2,(H2,14,16)(H,17,18,19). The lowest BCUT2D eigenvalue weighted by atomic mass is 9.90. The van der Waals surface area contributed by atoms with Crippen LogP contribution in [0.5, 0.6) is 0 Å². The highest BCUT2D eigenvalue weighted by atomic mass is 32.3. The zero-order valence-electron chi connectivity index (χ0n) is 11.0. The first-order valence-electron chi connectivity index (χ1n) is 6.46. The number of fused-ring (bicyclic) bond motifs is 3. The summed E-state index contributed by atoms with van der Waals surface area (Å²) >= 11 is 0. The molecule has 0 spiro atoms. The summed E-state index contributed by atoms with van der Waals surface area (Å²) < 4.78 is 35.6. The fourth-order valence-corrected chi connectivity index (χ4v) is 3.30. The molecule has 1 aromatic carbocycles. The lowest BCUT2D eigenvalue weighted by Crippen LogP contribution is -2.21. The first kappa shape index (κ1) is 13.9. The molecule has 1 amide bonds. The number of hydrogen-bond acceptors (Lipinski definition) is 5. The maximum absolute atomic E-state index is 11.3. The van der Waals surface area contributed by atoms with Crippen molar-refractivity contribution in [3.05, 3.63) is 35.1 Å². The van der Waals surface area contributed by atoms with Gasteiger partial charge in [0.2, 0.25) is 5.91 Å². The van der Waals surface area contributed by atoms with Crippen LogP contribution in [0.4, 0.5) is 5.69 Å². The molecule has 1 aliphatic heterocycles. The van der Waals surface area contributed by atoms with Crippen LogP contribution in [0, 0.1) is 0 Å². The molecule has 1 unspecified atom stereocenters. The summed E-state index contributed by atoms with van der Waals surface area (Å²) in [5.41, 5.74) is 7.75. The minimum absolute atomic E-state index is 0.0892. The highest BCUT2D eigenvalue weighted by Gasteiger charge is 2.34. The minimum Gasteiger partial charge on any atom is -0.378 e. The number of amides is 1. The molecular formula is C13H14N2O5S. The van der Waals surface area contributed by atoms with E-state index < -0.39 is 16.3 Å². The van der Waals surface area contributed by atoms with Crippen LogP contribution in [0.1, 0.15) is 35.2 Å². The number of hydrogen-bond donors (Lipinski definition) is 3. The summed E-state index contributed by atoms with van der Waals surface area (Å²) in [5.74, 6) is -0.350. The molecule has 7 nitrogen and oxygen atoms in total. The molecule has 4 N–H and O–H groups in total. The first-order valence-corrected chi connectivity index (χ1v) is 7.82. The number of primary amides is 1. The molecule has 0 saturated carbocycles. The number of anilines is 1. The van der Waals surface area contributed by atoms with Gasteiger partial charge in [0.05, 0.1) is 6.04 Å². The van der Waals surface area contributed by atoms with Crippen LogP contribution < -0.4 is 11.1 Å². The van der Waals surface area contributed by atoms with E-state index in [4.69, 9.17) is 14.5 Å². The van der Waals surface area contributed by atoms with Crippen molar-refractivity contribution < 1.29 is 21.9 Å². The molecule has 0 aromatic heterocycles. The third-order valence-corrected chi connectivity index (χ3v) is 4.09. The van der Waals surface area contributed by atoms with Crippen LogP contribution in [0.15, 0.2) is 24.0 Å². The Balaban J connectivity index is 2.13. The van der Waals surface area contributed by atoms with E-state index in [0.717, 1.165) is 18.5 Å². The summed E-state index contributed by atoms with van der Waals surface area (Å²) in [6, 6.07) is 4.86. The molecule has 2 aliphatic rings. The number of carbonyl (C=O) groups is 1. The lowest BCUT2D eigenvalue weighted by molar-refractivity contribution is 0.1000. The largest absolute Gasteiger partial charge is 0.446 e. The van der Waals surface area contributed by atoms with Gasteiger partial charge in [0.25, 0.3) is 0 Å². The smallest absolute Gasteiger partial charge is 0.378 e. The predicted molar refractivity (Wildman–Crippen MR) is 75.8 cm³/mol. The molecule has 0 fully saturated rings. The van der Waals surface area contributed by atoms with Crippen LogP contribution in [0.25, 0.3) is 5.57 Å². The van der Waals surface area contributed by atoms with Gasteiger partial charge in [0, 0.05) is 28.8 Å². The van der Waals surface area contributed by atoms with Gasteiger partial charge in [-0.1, -0.05) is 0 Å². The Morgan fingerprint density at radius 3 is 2.86 bits per heavy atom. The van der Waals surface area contributed by atoms with Crippen molar-refractivity contribution in [2.75, 3.05) is 5.32 Å². The monoisotopic (exact) mass is 310 g/mol. The second kappa shape index (κ2) is 4.74. The Morgan fingerprint density at radius 1 is 1.43 bits per heavy atom. The van der Waals surface area contributed by atoms with E-state index in [-0.39, 0.29) is 11.8 Å². The molecule has 3 rings (SSSR count). The Labute approximate surface area is 121 Å². The van der Waals surface area contributed by atoms with Crippen molar-refractivity contribution in [2.45, 2.75) is 25.3 Å². The van der Waals surface area contributed by atoms with Crippen LogP contribution in [-0.4, -0.2) is 24.9 Å². The quantitative estimate of drug-likeness (QED) is 0.724. The van der Waals surface area contributed by atoms with E-state index in [1.165, 1.54) is 0 Å². The number of allylic oxidation sites excluding steroid dienone is 1. The fourth-order valence-electron chi connectivity index (χ4n) is 2.87. The van der Waals surface area contributed by atoms with Gasteiger partial charge < -0.3 is 15.2 Å². The number of nitrogens with one attached hydrogen (secondary N) is 1. The van der Waals surface area contributed by atoms with Crippen molar-refractivity contribution >= 4 is 27.6 Å². The van der Waals surface area contributed by atoms with Gasteiger partial charge >= 0.3 is 10.4 Å². The summed E-state index contributed by atoms with van der Waals surface area (Å²) in [6.45, 7) is 0. The lowest BCUT2D eigenvalue weighted by Gasteiger charge is -2.22. The van der Waals surface area contributed by atoms with Gasteiger partial charge in [-0.2, -0.15) is 8.42 Å². The van der Waals surface area contributed by atoms with Crippen molar-refractivity contribution in [3.8, 4) is 0 Å². The molecule has 1 heterocycles. The van der Waals surface area contributed by atoms with Crippen LogP contribution in [-0.2, 0) is 14.6 Å². The molecule has 8 heteroatoms. The van der Waals surface area contributed by atoms with Crippen LogP contribution in [0.2, 0.25) is 0 Å². The van der Waals surface area contributed by atoms with Gasteiger partial charge in [-0.15, -0.1) is 0 Å². The van der Waals surface area contributed by atoms with E-state index in [1.807, 2.05) is 0 Å². The molecular weight excluding hydrogens is 296 g/mol. The maximum Gasteiger partial charge on any atom is 0.446 e. The number of benzene rings is 1. The molecule has 0 saturated heterocycles. The number of carbonyl (C=O) groups excluding carboxylic acids is 1. The maximum atomic E-state index is 11.3. The molecule has 1 aromatic rings. The van der Waals surface area contributed by atoms with Gasteiger partial charge in [0.15, 0.2) is 0 Å². The zero-order chi connectivity index (χ0) is 15.2. The topological polar surface area (TPSA) is 119 Å². The normalized spacial score (nSPS) is 20.5. The fraction of sp³-hybridized carbons (Fsp3) is 0.308. The van der Waals surface area contributed by atoms with Crippen molar-refractivity contribution in [3.63, 3.8) is 0 Å². The van der Waals surface area contributed by atoms with Gasteiger partial charge in [-0.3, -0.25) is 9.35 Å². The van der Waals surface area contributed by atoms with Crippen molar-refractivity contribution in [2.24, 2.45) is 5.73 Å². The molecule has 21 heavy (non-hydrogen) atoms. The molecule has 1 aliphatic carbocycles. The summed E-state index contributed by atoms with van der Waals surface area (Å²) in [4.78, 5) is 11.3. The van der Waals surface area contributed by atoms with E-state index in [0.29, 0.717) is 23.1 Å². The summed E-state index contributed by atoms with van der Waals surface area (Å²) in [6.07, 6.45) is 1.96. The van der Waals surface area contributed by atoms with Crippen LogP contribution >= 0.6 is 0 Å². The van der Waals surface area contributed by atoms with Crippen LogP contribution in [0.3, 0.4) is 0 Å². The highest BCUT2D eigenvalue weighted by molar-refractivity contribution is 7.81. The average Bonchev–Trinajstić information content (AvgIpc) is 2.75. The van der Waals surface area contributed by atoms with E-state index >= 15 is 0 Å². The Morgan fingerprint density at radius 2 is 2.19 bits per heavy atom. The van der Waals surface area contributed by atoms with Gasteiger partial charge in [0.1, 0.15) is 5.76 Å². The van der Waals surface area contributed by atoms with E-state index in [9.17, 15) is 13.2 Å². The van der Waals surface area contributed by atoms with E-state index in [1.54, 1.807) is 18.2 Å². The predicted octanol–water partition coefficient (Wildman–Crippen LogP) is 1.29. The minimum atomic E-state index is -4.57. The summed E-state index contributed by atoms with van der Waals surface area (Å²) in [5, 5.41) is 3.25. The van der Waals surface area contributed by atoms with Gasteiger partial charge in [-0.25, -0.2) is 0 Å². The highest BCUT2D eigenvalue weighted by Crippen LogP contribution is 2.43. The number of rotatable bonds is 3.